The van der Waals surface area contributed by atoms with Crippen LogP contribution in [0.3, 0.4) is 0 Å². The van der Waals surface area contributed by atoms with E-state index in [1.54, 1.807) is 11.5 Å². The Bertz CT molecular complexity index is 741. The van der Waals surface area contributed by atoms with Crippen molar-refractivity contribution in [3.8, 4) is 0 Å². The molecule has 2 rings (SSSR count). The summed E-state index contributed by atoms with van der Waals surface area (Å²) in [5, 5.41) is 9.27. The van der Waals surface area contributed by atoms with Crippen molar-refractivity contribution in [1.82, 2.24) is 19.1 Å². The normalized spacial score (nSPS) is 14.4. The van der Waals surface area contributed by atoms with Gasteiger partial charge >= 0.3 is 5.69 Å². The average Bonchev–Trinajstić information content (AvgIpc) is 2.95. The van der Waals surface area contributed by atoms with E-state index in [0.29, 0.717) is 30.6 Å². The Morgan fingerprint density at radius 1 is 1.32 bits per heavy atom. The maximum absolute atomic E-state index is 12.7. The van der Waals surface area contributed by atoms with E-state index >= 15 is 0 Å². The molecule has 0 aliphatic heterocycles. The molecule has 2 aromatic heterocycles. The van der Waals surface area contributed by atoms with Gasteiger partial charge < -0.3 is 10.1 Å². The molecule has 2 aromatic rings. The van der Waals surface area contributed by atoms with Gasteiger partial charge in [-0.15, -0.1) is 0 Å². The predicted molar refractivity (Wildman–Crippen MR) is 85.1 cm³/mol. The van der Waals surface area contributed by atoms with Crippen molar-refractivity contribution in [2.75, 3.05) is 0 Å². The number of fused-ring (bicyclic) bond motifs is 1. The third-order valence-electron chi connectivity index (χ3n) is 4.03. The summed E-state index contributed by atoms with van der Waals surface area (Å²) in [6, 6.07) is -0.0254. The van der Waals surface area contributed by atoms with Gasteiger partial charge in [0.15, 0.2) is 5.65 Å². The fourth-order valence-corrected chi connectivity index (χ4v) is 2.56. The highest BCUT2D eigenvalue weighted by atomic mass is 16.3. The summed E-state index contributed by atoms with van der Waals surface area (Å²) >= 11 is 0. The Morgan fingerprint density at radius 3 is 2.68 bits per heavy atom. The number of nitrogens with one attached hydrogen (secondary N) is 1. The first kappa shape index (κ1) is 16.5. The van der Waals surface area contributed by atoms with E-state index in [1.807, 2.05) is 13.8 Å². The summed E-state index contributed by atoms with van der Waals surface area (Å²) < 4.78 is 2.86. The van der Waals surface area contributed by atoms with Crippen molar-refractivity contribution >= 4 is 11.2 Å². The molecule has 0 amide bonds. The number of rotatable bonds is 7. The largest absolute Gasteiger partial charge is 0.393 e. The Hall–Kier alpha value is -1.89. The van der Waals surface area contributed by atoms with Crippen LogP contribution in [0.2, 0.25) is 0 Å². The number of unbranched alkanes of at least 4 members (excludes halogenated alkanes) is 1. The first-order valence-electron chi connectivity index (χ1n) is 7.83. The molecular formula is C15H24N4O3. The van der Waals surface area contributed by atoms with Crippen LogP contribution in [-0.2, 0) is 6.54 Å². The monoisotopic (exact) mass is 308 g/mol. The number of imidazole rings is 1. The standard InChI is InChI=1S/C15H24N4O3/c1-4-10(2)19-13-12(16-9-17-13)14(21)18(15(19)22)8-6-5-7-11(3)20/h9-11,20H,4-8H2,1-3H3,(H,16,17). The highest BCUT2D eigenvalue weighted by molar-refractivity contribution is 5.68. The van der Waals surface area contributed by atoms with E-state index < -0.39 is 0 Å². The molecule has 7 heteroatoms. The van der Waals surface area contributed by atoms with Crippen molar-refractivity contribution in [3.05, 3.63) is 27.2 Å². The zero-order valence-electron chi connectivity index (χ0n) is 13.4. The Morgan fingerprint density at radius 2 is 2.05 bits per heavy atom. The molecule has 2 heterocycles. The summed E-state index contributed by atoms with van der Waals surface area (Å²) in [5.74, 6) is 0. The van der Waals surface area contributed by atoms with Gasteiger partial charge in [0.05, 0.1) is 12.4 Å². The van der Waals surface area contributed by atoms with Gasteiger partial charge in [0.2, 0.25) is 0 Å². The molecule has 22 heavy (non-hydrogen) atoms. The van der Waals surface area contributed by atoms with Gasteiger partial charge in [0, 0.05) is 12.6 Å². The van der Waals surface area contributed by atoms with Crippen LogP contribution < -0.4 is 11.2 Å². The minimum Gasteiger partial charge on any atom is -0.393 e. The Labute approximate surface area is 128 Å². The second-order valence-corrected chi connectivity index (χ2v) is 5.81. The van der Waals surface area contributed by atoms with E-state index in [9.17, 15) is 14.7 Å². The molecule has 0 bridgehead atoms. The second-order valence-electron chi connectivity index (χ2n) is 5.81. The lowest BCUT2D eigenvalue weighted by molar-refractivity contribution is 0.180. The third-order valence-corrected chi connectivity index (χ3v) is 4.03. The first-order chi connectivity index (χ1) is 10.5. The third kappa shape index (κ3) is 3.14. The number of hydrogen-bond donors (Lipinski definition) is 2. The number of nitrogens with zero attached hydrogens (tertiary/aromatic N) is 3. The molecule has 0 radical (unpaired) electrons. The molecule has 0 saturated heterocycles. The van der Waals surface area contributed by atoms with E-state index in [0.717, 1.165) is 12.8 Å². The van der Waals surface area contributed by atoms with Crippen LogP contribution in [-0.4, -0.2) is 30.3 Å². The molecule has 0 fully saturated rings. The number of aliphatic hydroxyl groups is 1. The highest BCUT2D eigenvalue weighted by Crippen LogP contribution is 2.12. The summed E-state index contributed by atoms with van der Waals surface area (Å²) in [5.41, 5.74) is 0.158. The van der Waals surface area contributed by atoms with Crippen molar-refractivity contribution < 1.29 is 5.11 Å². The number of H-pyrrole nitrogens is 1. The molecule has 0 spiro atoms. The second kappa shape index (κ2) is 6.91. The number of aliphatic hydroxyl groups excluding tert-OH is 1. The van der Waals surface area contributed by atoms with E-state index in [1.165, 1.54) is 10.9 Å². The zero-order chi connectivity index (χ0) is 16.3. The van der Waals surface area contributed by atoms with Crippen molar-refractivity contribution in [2.45, 2.75) is 65.1 Å². The van der Waals surface area contributed by atoms with E-state index in [2.05, 4.69) is 9.97 Å². The number of aromatic amines is 1. The lowest BCUT2D eigenvalue weighted by atomic mass is 10.2. The maximum atomic E-state index is 12.7. The van der Waals surface area contributed by atoms with Crippen molar-refractivity contribution in [2.24, 2.45) is 0 Å². The zero-order valence-corrected chi connectivity index (χ0v) is 13.4. The van der Waals surface area contributed by atoms with Crippen LogP contribution in [0, 0.1) is 0 Å². The van der Waals surface area contributed by atoms with E-state index in [4.69, 9.17) is 0 Å². The van der Waals surface area contributed by atoms with Crippen LogP contribution in [0.15, 0.2) is 15.9 Å². The van der Waals surface area contributed by atoms with Gasteiger partial charge in [-0.3, -0.25) is 13.9 Å². The predicted octanol–water partition coefficient (Wildman–Crippen LogP) is 1.41. The fourth-order valence-electron chi connectivity index (χ4n) is 2.56. The van der Waals surface area contributed by atoms with Crippen LogP contribution in [0.5, 0.6) is 0 Å². The smallest absolute Gasteiger partial charge is 0.332 e. The van der Waals surface area contributed by atoms with Crippen molar-refractivity contribution in [3.63, 3.8) is 0 Å². The van der Waals surface area contributed by atoms with Crippen molar-refractivity contribution in [1.29, 1.82) is 0 Å². The summed E-state index contributed by atoms with van der Waals surface area (Å²) in [6.07, 6.45) is 3.99. The number of aromatic nitrogens is 4. The van der Waals surface area contributed by atoms with Gasteiger partial charge in [-0.1, -0.05) is 6.92 Å². The van der Waals surface area contributed by atoms with Crippen LogP contribution >= 0.6 is 0 Å². The van der Waals surface area contributed by atoms with Gasteiger partial charge in [-0.2, -0.15) is 0 Å². The Kier molecular flexibility index (Phi) is 5.18. The van der Waals surface area contributed by atoms with Crippen LogP contribution in [0.25, 0.3) is 11.2 Å². The Balaban J connectivity index is 2.41. The van der Waals surface area contributed by atoms with E-state index in [-0.39, 0.29) is 23.4 Å². The summed E-state index contributed by atoms with van der Waals surface area (Å²) in [7, 11) is 0. The maximum Gasteiger partial charge on any atom is 0.332 e. The fraction of sp³-hybridized carbons (Fsp3) is 0.667. The lowest BCUT2D eigenvalue weighted by Gasteiger charge is -2.16. The molecule has 2 N–H and O–H groups in total. The highest BCUT2D eigenvalue weighted by Gasteiger charge is 2.17. The molecular weight excluding hydrogens is 284 g/mol. The molecule has 2 atom stereocenters. The SMILES string of the molecule is CCC(C)n1c(=O)n(CCCCC(C)O)c(=O)c2[nH]cnc21. The molecule has 0 aliphatic rings. The molecule has 0 aliphatic carbocycles. The molecule has 0 aromatic carbocycles. The van der Waals surface area contributed by atoms with Crippen LogP contribution in [0.1, 0.15) is 52.5 Å². The van der Waals surface area contributed by atoms with Gasteiger partial charge in [-0.25, -0.2) is 9.78 Å². The minimum atomic E-state index is -0.358. The summed E-state index contributed by atoms with van der Waals surface area (Å²) in [4.78, 5) is 32.1. The van der Waals surface area contributed by atoms with Gasteiger partial charge in [0.25, 0.3) is 5.56 Å². The molecule has 0 saturated carbocycles. The molecule has 122 valence electrons. The van der Waals surface area contributed by atoms with Gasteiger partial charge in [0.1, 0.15) is 5.52 Å². The minimum absolute atomic E-state index is 0.0254. The molecule has 7 nitrogen and oxygen atoms in total. The quantitative estimate of drug-likeness (QED) is 0.756. The van der Waals surface area contributed by atoms with Gasteiger partial charge in [-0.05, 0) is 39.5 Å². The van der Waals surface area contributed by atoms with Crippen LogP contribution in [0.4, 0.5) is 0 Å². The first-order valence-corrected chi connectivity index (χ1v) is 7.83. The number of hydrogen-bond acceptors (Lipinski definition) is 4. The topological polar surface area (TPSA) is 92.9 Å². The average molecular weight is 308 g/mol. The summed E-state index contributed by atoms with van der Waals surface area (Å²) in [6.45, 7) is 6.03. The molecule has 2 unspecified atom stereocenters. The lowest BCUT2D eigenvalue weighted by Crippen LogP contribution is -2.41.